The number of sulfone groups is 1. The lowest BCUT2D eigenvalue weighted by Crippen LogP contribution is -2.62. The number of pyridine rings is 1. The lowest BCUT2D eigenvalue weighted by atomic mass is 10.0. The zero-order chi connectivity index (χ0) is 17.5. The summed E-state index contributed by atoms with van der Waals surface area (Å²) in [4.78, 5) is 28.7. The van der Waals surface area contributed by atoms with Crippen LogP contribution in [0.4, 0.5) is 0 Å². The van der Waals surface area contributed by atoms with Crippen LogP contribution in [0.3, 0.4) is 0 Å². The quantitative estimate of drug-likeness (QED) is 0.474. The molecule has 2 aliphatic rings. The number of carboxylic acids is 1. The molecule has 1 aromatic rings. The van der Waals surface area contributed by atoms with Crippen LogP contribution in [0.25, 0.3) is 6.08 Å². The van der Waals surface area contributed by atoms with Gasteiger partial charge < -0.3 is 5.11 Å². The number of amides is 1. The molecule has 122 valence electrons. The number of hydrogen-bond acceptors (Lipinski definition) is 5. The molecule has 0 bridgehead atoms. The van der Waals surface area contributed by atoms with Crippen molar-refractivity contribution < 1.29 is 23.1 Å². The average molecular weight is 344 g/mol. The van der Waals surface area contributed by atoms with Crippen LogP contribution in [0.5, 0.6) is 0 Å². The molecule has 8 heteroatoms. The zero-order valence-electron chi connectivity index (χ0n) is 12.6. The number of nitrogens with zero attached hydrogens (tertiary/aromatic N) is 2. The van der Waals surface area contributed by atoms with Gasteiger partial charge in [0.2, 0.25) is 0 Å². The van der Waals surface area contributed by atoms with Crippen molar-refractivity contribution >= 4 is 27.8 Å². The van der Waals surface area contributed by atoms with Crippen molar-refractivity contribution in [3.63, 3.8) is 0 Å². The lowest BCUT2D eigenvalue weighted by molar-refractivity contribution is -0.141. The van der Waals surface area contributed by atoms with Crippen LogP contribution in [0, 0.1) is 11.8 Å². The van der Waals surface area contributed by atoms with Crippen molar-refractivity contribution in [1.82, 2.24) is 9.88 Å². The molecule has 7 nitrogen and oxygen atoms in total. The minimum absolute atomic E-state index is 0.0101. The first kappa shape index (κ1) is 16.0. The van der Waals surface area contributed by atoms with Gasteiger partial charge in [-0.1, -0.05) is 12.0 Å². The molecule has 0 unspecified atom stereocenters. The molecule has 2 aliphatic heterocycles. The minimum atomic E-state index is -3.78. The van der Waals surface area contributed by atoms with Gasteiger partial charge >= 0.3 is 5.97 Å². The van der Waals surface area contributed by atoms with Gasteiger partial charge in [0.25, 0.3) is 5.91 Å². The number of β-lactam (4-membered cyclic amide) rings is 1. The minimum Gasteiger partial charge on any atom is -0.477 e. The summed E-state index contributed by atoms with van der Waals surface area (Å²) in [6, 6.07) is 5.02. The summed E-state index contributed by atoms with van der Waals surface area (Å²) in [6.45, 7) is 1.47. The van der Waals surface area contributed by atoms with E-state index in [0.29, 0.717) is 5.69 Å². The largest absolute Gasteiger partial charge is 0.477 e. The van der Waals surface area contributed by atoms with Gasteiger partial charge in [0.15, 0.2) is 15.2 Å². The van der Waals surface area contributed by atoms with Crippen molar-refractivity contribution in [2.45, 2.75) is 12.3 Å². The van der Waals surface area contributed by atoms with Gasteiger partial charge in [-0.25, -0.2) is 13.2 Å². The van der Waals surface area contributed by atoms with E-state index in [1.54, 1.807) is 18.2 Å². The summed E-state index contributed by atoms with van der Waals surface area (Å²) in [5.41, 5.74) is -0.00880. The third kappa shape index (κ3) is 2.39. The average Bonchev–Trinajstić information content (AvgIpc) is 2.52. The number of hydrogen-bond donors (Lipinski definition) is 1. The number of carbonyl (C=O) groups is 2. The number of carbonyl (C=O) groups excluding carboxylic acids is 1. The third-order valence-electron chi connectivity index (χ3n) is 3.65. The summed E-state index contributed by atoms with van der Waals surface area (Å²) in [5, 5.41) is 8.07. The van der Waals surface area contributed by atoms with Crippen LogP contribution in [-0.4, -0.2) is 46.4 Å². The Morgan fingerprint density at radius 2 is 2.21 bits per heavy atom. The Morgan fingerprint density at radius 1 is 1.46 bits per heavy atom. The molecule has 1 fully saturated rings. The fourth-order valence-electron chi connectivity index (χ4n) is 2.72. The van der Waals surface area contributed by atoms with Gasteiger partial charge in [-0.05, 0) is 25.1 Å². The molecule has 0 spiro atoms. The van der Waals surface area contributed by atoms with E-state index in [2.05, 4.69) is 16.8 Å². The second-order valence-corrected chi connectivity index (χ2v) is 7.26. The van der Waals surface area contributed by atoms with Gasteiger partial charge in [-0.15, -0.1) is 5.92 Å². The summed E-state index contributed by atoms with van der Waals surface area (Å²) >= 11 is 0. The first-order chi connectivity index (χ1) is 11.4. The molecular formula is C16H12N2O5S. The van der Waals surface area contributed by atoms with Crippen LogP contribution < -0.4 is 0 Å². The van der Waals surface area contributed by atoms with Crippen LogP contribution >= 0.6 is 0 Å². The van der Waals surface area contributed by atoms with Gasteiger partial charge in [0.05, 0.1) is 17.0 Å². The summed E-state index contributed by atoms with van der Waals surface area (Å²) in [7, 11) is -3.78. The Kier molecular flexibility index (Phi) is 3.73. The number of carboxylic acid groups (broad SMARTS) is 1. The fraction of sp³-hybridized carbons (Fsp3) is 0.188. The predicted octanol–water partition coefficient (Wildman–Crippen LogP) is 0.424. The number of aliphatic carboxylic acids is 1. The van der Waals surface area contributed by atoms with E-state index in [-0.39, 0.29) is 16.8 Å². The van der Waals surface area contributed by atoms with E-state index in [1.165, 1.54) is 19.2 Å². The Bertz CT molecular complexity index is 965. The Morgan fingerprint density at radius 3 is 2.79 bits per heavy atom. The van der Waals surface area contributed by atoms with Gasteiger partial charge in [-0.3, -0.25) is 14.7 Å². The summed E-state index contributed by atoms with van der Waals surface area (Å²) < 4.78 is 25.0. The molecule has 0 aliphatic carbocycles. The highest BCUT2D eigenvalue weighted by atomic mass is 32.2. The van der Waals surface area contributed by atoms with Crippen LogP contribution in [0.1, 0.15) is 12.6 Å². The molecule has 1 aromatic heterocycles. The molecular weight excluding hydrogens is 332 g/mol. The lowest BCUT2D eigenvalue weighted by Gasteiger charge is -2.44. The fourth-order valence-corrected chi connectivity index (χ4v) is 4.57. The predicted molar refractivity (Wildman–Crippen MR) is 84.7 cm³/mol. The topological polar surface area (TPSA) is 105 Å². The zero-order valence-corrected chi connectivity index (χ0v) is 13.4. The SMILES string of the molecule is CC#CC1=C(C(=O)O)N2C(=O)/C(=C/c3ccccn3)[C@H]2S(=O)(=O)C1. The van der Waals surface area contributed by atoms with Gasteiger partial charge in [-0.2, -0.15) is 0 Å². The third-order valence-corrected chi connectivity index (χ3v) is 5.48. The number of fused-ring (bicyclic) bond motifs is 1. The highest BCUT2D eigenvalue weighted by molar-refractivity contribution is 7.92. The normalized spacial score (nSPS) is 23.2. The van der Waals surface area contributed by atoms with E-state index >= 15 is 0 Å². The van der Waals surface area contributed by atoms with Crippen molar-refractivity contribution in [3.05, 3.63) is 46.9 Å². The monoisotopic (exact) mass is 344 g/mol. The molecule has 1 saturated heterocycles. The highest BCUT2D eigenvalue weighted by Crippen LogP contribution is 2.40. The maximum absolute atomic E-state index is 12.5. The first-order valence-electron chi connectivity index (χ1n) is 6.94. The van der Waals surface area contributed by atoms with Crippen LogP contribution in [0.2, 0.25) is 0 Å². The number of aromatic nitrogens is 1. The molecule has 1 atom stereocenters. The van der Waals surface area contributed by atoms with Crippen molar-refractivity contribution in [2.24, 2.45) is 0 Å². The van der Waals surface area contributed by atoms with Gasteiger partial charge in [0, 0.05) is 11.8 Å². The van der Waals surface area contributed by atoms with Crippen molar-refractivity contribution in [2.75, 3.05) is 5.75 Å². The van der Waals surface area contributed by atoms with E-state index in [0.717, 1.165) is 4.90 Å². The molecule has 1 amide bonds. The molecule has 0 saturated carbocycles. The second-order valence-electron chi connectivity index (χ2n) is 5.20. The Hall–Kier alpha value is -2.92. The first-order valence-corrected chi connectivity index (χ1v) is 8.65. The second kappa shape index (κ2) is 5.62. The summed E-state index contributed by atoms with van der Waals surface area (Å²) in [6.07, 6.45) is 2.89. The molecule has 0 radical (unpaired) electrons. The Labute approximate surface area is 138 Å². The standard InChI is InChI=1S/C16H12N2O5S/c1-2-5-10-9-24(22,23)15-12(8-11-6-3-4-7-17-11)14(19)18(15)13(10)16(20)21/h3-4,6-8,15H,9H2,1H3,(H,20,21)/b12-8-/t15-/m1/s1. The molecule has 3 heterocycles. The molecule has 3 rings (SSSR count). The van der Waals surface area contributed by atoms with E-state index in [1.807, 2.05) is 0 Å². The molecule has 0 aromatic carbocycles. The molecule has 1 N–H and O–H groups in total. The smallest absolute Gasteiger partial charge is 0.353 e. The van der Waals surface area contributed by atoms with E-state index in [9.17, 15) is 23.1 Å². The summed E-state index contributed by atoms with van der Waals surface area (Å²) in [5.74, 6) is 2.42. The Balaban J connectivity index is 2.13. The highest BCUT2D eigenvalue weighted by Gasteiger charge is 2.56. The van der Waals surface area contributed by atoms with Crippen molar-refractivity contribution in [1.29, 1.82) is 0 Å². The van der Waals surface area contributed by atoms with E-state index < -0.39 is 32.8 Å². The van der Waals surface area contributed by atoms with E-state index in [4.69, 9.17) is 0 Å². The van der Waals surface area contributed by atoms with Crippen molar-refractivity contribution in [3.8, 4) is 11.8 Å². The van der Waals surface area contributed by atoms with Crippen LogP contribution in [0.15, 0.2) is 41.2 Å². The van der Waals surface area contributed by atoms with Crippen LogP contribution in [-0.2, 0) is 19.4 Å². The maximum Gasteiger partial charge on any atom is 0.353 e. The van der Waals surface area contributed by atoms with Gasteiger partial charge in [0.1, 0.15) is 5.70 Å². The number of rotatable bonds is 2. The maximum atomic E-state index is 12.5. The molecule has 24 heavy (non-hydrogen) atoms.